The molecule has 0 spiro atoms. The lowest BCUT2D eigenvalue weighted by Gasteiger charge is -2.11. The van der Waals surface area contributed by atoms with E-state index < -0.39 is 10.0 Å². The van der Waals surface area contributed by atoms with Gasteiger partial charge in [-0.15, -0.1) is 0 Å². The largest absolute Gasteiger partial charge is 0.326 e. The molecular weight excluding hydrogens is 343 g/mol. The van der Waals surface area contributed by atoms with Crippen LogP contribution >= 0.6 is 0 Å². The molecule has 0 aliphatic heterocycles. The predicted molar refractivity (Wildman–Crippen MR) is 95.5 cm³/mol. The Hall–Kier alpha value is -2.25. The molecule has 0 bridgehead atoms. The number of hydrogen-bond donors (Lipinski definition) is 2. The van der Waals surface area contributed by atoms with E-state index in [1.54, 1.807) is 32.0 Å². The topological polar surface area (TPSA) is 75.3 Å². The molecule has 0 unspecified atom stereocenters. The maximum atomic E-state index is 13.0. The van der Waals surface area contributed by atoms with Crippen LogP contribution in [0.2, 0.25) is 0 Å². The minimum absolute atomic E-state index is 0.0261. The van der Waals surface area contributed by atoms with Crippen LogP contribution in [0.25, 0.3) is 0 Å². The zero-order valence-corrected chi connectivity index (χ0v) is 15.2. The van der Waals surface area contributed by atoms with Crippen LogP contribution < -0.4 is 10.0 Å². The van der Waals surface area contributed by atoms with E-state index in [0.717, 1.165) is 5.56 Å². The van der Waals surface area contributed by atoms with Gasteiger partial charge in [0.1, 0.15) is 5.82 Å². The SMILES string of the molecule is Cc1ccc(S(=O)(=O)NCCC(=O)Nc2ccc(F)cc2C)c(C)c1. The van der Waals surface area contributed by atoms with E-state index in [4.69, 9.17) is 0 Å². The Labute approximate surface area is 147 Å². The van der Waals surface area contributed by atoms with Crippen molar-refractivity contribution in [3.8, 4) is 0 Å². The number of halogens is 1. The molecule has 0 aromatic heterocycles. The molecule has 0 atom stereocenters. The minimum Gasteiger partial charge on any atom is -0.326 e. The summed E-state index contributed by atoms with van der Waals surface area (Å²) in [5.41, 5.74) is 2.73. The van der Waals surface area contributed by atoms with Crippen molar-refractivity contribution in [3.05, 3.63) is 58.9 Å². The van der Waals surface area contributed by atoms with Crippen LogP contribution in [0.1, 0.15) is 23.1 Å². The molecular formula is C18H21FN2O3S. The Balaban J connectivity index is 1.94. The molecule has 1 amide bonds. The highest BCUT2D eigenvalue weighted by molar-refractivity contribution is 7.89. The number of amides is 1. The van der Waals surface area contributed by atoms with Gasteiger partial charge in [-0.2, -0.15) is 0 Å². The first-order chi connectivity index (χ1) is 11.7. The Morgan fingerprint density at radius 1 is 1.04 bits per heavy atom. The van der Waals surface area contributed by atoms with E-state index in [2.05, 4.69) is 10.0 Å². The average molecular weight is 364 g/mol. The molecule has 0 aliphatic rings. The van der Waals surface area contributed by atoms with Gasteiger partial charge >= 0.3 is 0 Å². The van der Waals surface area contributed by atoms with Crippen LogP contribution in [-0.4, -0.2) is 20.9 Å². The van der Waals surface area contributed by atoms with Gasteiger partial charge in [0.15, 0.2) is 0 Å². The highest BCUT2D eigenvalue weighted by Crippen LogP contribution is 2.17. The molecule has 25 heavy (non-hydrogen) atoms. The number of benzene rings is 2. The summed E-state index contributed by atoms with van der Waals surface area (Å²) in [6.45, 7) is 5.27. The fraction of sp³-hybridized carbons (Fsp3) is 0.278. The summed E-state index contributed by atoms with van der Waals surface area (Å²) >= 11 is 0. The summed E-state index contributed by atoms with van der Waals surface area (Å²) in [5, 5.41) is 2.64. The molecule has 5 nitrogen and oxygen atoms in total. The summed E-state index contributed by atoms with van der Waals surface area (Å²) in [6, 6.07) is 9.12. The van der Waals surface area contributed by atoms with Crippen LogP contribution in [0.4, 0.5) is 10.1 Å². The first-order valence-corrected chi connectivity index (χ1v) is 9.30. The zero-order valence-electron chi connectivity index (χ0n) is 14.4. The quantitative estimate of drug-likeness (QED) is 0.827. The lowest BCUT2D eigenvalue weighted by molar-refractivity contribution is -0.116. The molecule has 0 heterocycles. The Bertz CT molecular complexity index is 895. The van der Waals surface area contributed by atoms with Crippen LogP contribution in [0, 0.1) is 26.6 Å². The second-order valence-corrected chi connectivity index (χ2v) is 7.66. The second-order valence-electron chi connectivity index (χ2n) is 5.92. The molecule has 2 aromatic rings. The zero-order chi connectivity index (χ0) is 18.6. The highest BCUT2D eigenvalue weighted by Gasteiger charge is 2.16. The van der Waals surface area contributed by atoms with Gasteiger partial charge in [0.05, 0.1) is 4.90 Å². The van der Waals surface area contributed by atoms with Gasteiger partial charge in [-0.05, 0) is 56.2 Å². The first kappa shape index (κ1) is 19.1. The molecule has 2 rings (SSSR count). The van der Waals surface area contributed by atoms with Gasteiger partial charge in [0.2, 0.25) is 15.9 Å². The number of rotatable bonds is 6. The summed E-state index contributed by atoms with van der Waals surface area (Å²) in [7, 11) is -3.67. The third kappa shape index (κ3) is 5.11. The molecule has 7 heteroatoms. The van der Waals surface area contributed by atoms with Crippen LogP contribution in [-0.2, 0) is 14.8 Å². The molecule has 0 radical (unpaired) electrons. The molecule has 0 fully saturated rings. The summed E-state index contributed by atoms with van der Waals surface area (Å²) in [5.74, 6) is -0.727. The number of sulfonamides is 1. The number of anilines is 1. The van der Waals surface area contributed by atoms with Crippen LogP contribution in [0.5, 0.6) is 0 Å². The Morgan fingerprint density at radius 3 is 2.40 bits per heavy atom. The van der Waals surface area contributed by atoms with E-state index >= 15 is 0 Å². The van der Waals surface area contributed by atoms with Crippen molar-refractivity contribution in [2.24, 2.45) is 0 Å². The Kier molecular flexibility index (Phi) is 5.92. The van der Waals surface area contributed by atoms with E-state index in [-0.39, 0.29) is 29.6 Å². The van der Waals surface area contributed by atoms with Gasteiger partial charge < -0.3 is 5.32 Å². The van der Waals surface area contributed by atoms with E-state index in [0.29, 0.717) is 16.8 Å². The molecule has 134 valence electrons. The van der Waals surface area contributed by atoms with Crippen molar-refractivity contribution in [3.63, 3.8) is 0 Å². The van der Waals surface area contributed by atoms with Gasteiger partial charge in [-0.1, -0.05) is 17.7 Å². The third-order valence-corrected chi connectivity index (χ3v) is 5.35. The summed E-state index contributed by atoms with van der Waals surface area (Å²) in [4.78, 5) is 12.1. The predicted octanol–water partition coefficient (Wildman–Crippen LogP) is 3.06. The van der Waals surface area contributed by atoms with Crippen molar-refractivity contribution in [1.82, 2.24) is 4.72 Å². The third-order valence-electron chi connectivity index (χ3n) is 3.73. The van der Waals surface area contributed by atoms with Gasteiger partial charge in [-0.25, -0.2) is 17.5 Å². The second kappa shape index (κ2) is 7.76. The number of nitrogens with one attached hydrogen (secondary N) is 2. The normalized spacial score (nSPS) is 11.4. The lowest BCUT2D eigenvalue weighted by atomic mass is 10.2. The lowest BCUT2D eigenvalue weighted by Crippen LogP contribution is -2.28. The Morgan fingerprint density at radius 2 is 1.76 bits per heavy atom. The molecule has 0 saturated heterocycles. The minimum atomic E-state index is -3.67. The fourth-order valence-corrected chi connectivity index (χ4v) is 3.71. The standard InChI is InChI=1S/C18H21FN2O3S/c1-12-4-7-17(14(3)10-12)25(23,24)20-9-8-18(22)21-16-6-5-15(19)11-13(16)2/h4-7,10-11,20H,8-9H2,1-3H3,(H,21,22). The summed E-state index contributed by atoms with van der Waals surface area (Å²) in [6.07, 6.45) is -0.0268. The van der Waals surface area contributed by atoms with Gasteiger partial charge in [-0.3, -0.25) is 4.79 Å². The average Bonchev–Trinajstić information content (AvgIpc) is 2.49. The number of carbonyl (C=O) groups excluding carboxylic acids is 1. The maximum Gasteiger partial charge on any atom is 0.240 e. The number of carbonyl (C=O) groups is 1. The van der Waals surface area contributed by atoms with Crippen molar-refractivity contribution >= 4 is 21.6 Å². The van der Waals surface area contributed by atoms with Crippen molar-refractivity contribution < 1.29 is 17.6 Å². The number of hydrogen-bond acceptors (Lipinski definition) is 3. The van der Waals surface area contributed by atoms with Crippen molar-refractivity contribution in [2.75, 3.05) is 11.9 Å². The van der Waals surface area contributed by atoms with Crippen LogP contribution in [0.15, 0.2) is 41.3 Å². The molecule has 2 aromatic carbocycles. The maximum absolute atomic E-state index is 13.0. The monoisotopic (exact) mass is 364 g/mol. The van der Waals surface area contributed by atoms with Crippen LogP contribution in [0.3, 0.4) is 0 Å². The van der Waals surface area contributed by atoms with E-state index in [1.165, 1.54) is 18.2 Å². The summed E-state index contributed by atoms with van der Waals surface area (Å²) < 4.78 is 40.1. The van der Waals surface area contributed by atoms with E-state index in [1.807, 2.05) is 6.92 Å². The first-order valence-electron chi connectivity index (χ1n) is 7.82. The van der Waals surface area contributed by atoms with Crippen molar-refractivity contribution in [1.29, 1.82) is 0 Å². The van der Waals surface area contributed by atoms with Gasteiger partial charge in [0.25, 0.3) is 0 Å². The molecule has 0 saturated carbocycles. The smallest absolute Gasteiger partial charge is 0.240 e. The van der Waals surface area contributed by atoms with Gasteiger partial charge in [0, 0.05) is 18.7 Å². The fourth-order valence-electron chi connectivity index (χ4n) is 2.46. The molecule has 2 N–H and O–H groups in total. The van der Waals surface area contributed by atoms with Crippen molar-refractivity contribution in [2.45, 2.75) is 32.1 Å². The highest BCUT2D eigenvalue weighted by atomic mass is 32.2. The molecule has 0 aliphatic carbocycles. The number of aryl methyl sites for hydroxylation is 3. The van der Waals surface area contributed by atoms with E-state index in [9.17, 15) is 17.6 Å².